The van der Waals surface area contributed by atoms with E-state index in [9.17, 15) is 8.42 Å². The second kappa shape index (κ2) is 18.4. The third kappa shape index (κ3) is 16.4. The highest BCUT2D eigenvalue weighted by Crippen LogP contribution is 2.11. The van der Waals surface area contributed by atoms with E-state index in [4.69, 9.17) is 0 Å². The van der Waals surface area contributed by atoms with Gasteiger partial charge in [-0.25, -0.2) is 12.7 Å². The van der Waals surface area contributed by atoms with E-state index in [2.05, 4.69) is 62.4 Å². The lowest BCUT2D eigenvalue weighted by Gasteiger charge is -2.02. The molecule has 2 aromatic rings. The summed E-state index contributed by atoms with van der Waals surface area (Å²) in [5.41, 5.74) is 0. The molecule has 2 aromatic carbocycles. The zero-order valence-corrected chi connectivity index (χ0v) is 20.9. The van der Waals surface area contributed by atoms with Crippen molar-refractivity contribution >= 4 is 20.8 Å². The van der Waals surface area contributed by atoms with Crippen LogP contribution in [0.2, 0.25) is 0 Å². The fourth-order valence-electron chi connectivity index (χ4n) is 2.87. The molecule has 0 bridgehead atoms. The van der Waals surface area contributed by atoms with Gasteiger partial charge in [0.2, 0.25) is 10.0 Å². The number of nitrogens with zero attached hydrogens (tertiary/aromatic N) is 1. The van der Waals surface area contributed by atoms with Crippen molar-refractivity contribution in [3.8, 4) is 0 Å². The maximum atomic E-state index is 10.3. The smallest absolute Gasteiger partial charge is 0.210 e. The van der Waals surface area contributed by atoms with Crippen molar-refractivity contribution in [2.75, 3.05) is 20.4 Å². The molecule has 0 spiro atoms. The Morgan fingerprint density at radius 3 is 1.03 bits per heavy atom. The molecule has 0 amide bonds. The van der Waals surface area contributed by atoms with Crippen LogP contribution in [0.3, 0.4) is 0 Å². The summed E-state index contributed by atoms with van der Waals surface area (Å²) >= 11 is 0. The number of hydrogen-bond donors (Lipinski definition) is 0. The van der Waals surface area contributed by atoms with E-state index in [0.717, 1.165) is 10.6 Å². The van der Waals surface area contributed by atoms with Gasteiger partial charge in [-0.05, 0) is 10.8 Å². The van der Waals surface area contributed by atoms with Crippen molar-refractivity contribution in [3.63, 3.8) is 0 Å². The van der Waals surface area contributed by atoms with Crippen LogP contribution in [-0.4, -0.2) is 33.1 Å². The van der Waals surface area contributed by atoms with Crippen LogP contribution in [0.5, 0.6) is 0 Å². The number of sulfonamides is 1. The van der Waals surface area contributed by atoms with Crippen molar-refractivity contribution in [3.05, 3.63) is 48.5 Å². The quantitative estimate of drug-likeness (QED) is 0.340. The van der Waals surface area contributed by atoms with Crippen LogP contribution < -0.4 is 0 Å². The van der Waals surface area contributed by atoms with Crippen LogP contribution in [0.15, 0.2) is 48.5 Å². The fourth-order valence-corrected chi connectivity index (χ4v) is 2.87. The molecule has 0 aliphatic heterocycles. The standard InChI is InChI=1S/C13H28.C10H8.C3H9NO2S/c1-3-5-7-9-11-13-12-10-8-6-4-2;1-2-6-10-8-4-3-7-9(10)5-1;1-4(2)7(3,5)6/h3-13H2,1-2H3;1-8H;1-3H3. The van der Waals surface area contributed by atoms with Gasteiger partial charge in [0.25, 0.3) is 0 Å². The highest BCUT2D eigenvalue weighted by atomic mass is 32.2. The van der Waals surface area contributed by atoms with E-state index < -0.39 is 10.0 Å². The molecule has 0 atom stereocenters. The maximum Gasteiger partial charge on any atom is 0.210 e. The molecular formula is C26H45NO2S. The molecule has 0 aromatic heterocycles. The molecule has 0 heterocycles. The molecule has 0 saturated heterocycles. The highest BCUT2D eigenvalue weighted by molar-refractivity contribution is 7.88. The molecule has 0 saturated carbocycles. The summed E-state index contributed by atoms with van der Waals surface area (Å²) in [6, 6.07) is 16.7. The van der Waals surface area contributed by atoms with E-state index in [1.807, 2.05) is 0 Å². The van der Waals surface area contributed by atoms with Crippen LogP contribution in [0.4, 0.5) is 0 Å². The Morgan fingerprint density at radius 1 is 0.600 bits per heavy atom. The summed E-state index contributed by atoms with van der Waals surface area (Å²) in [5, 5.41) is 2.62. The zero-order valence-electron chi connectivity index (χ0n) is 20.1. The van der Waals surface area contributed by atoms with Gasteiger partial charge in [-0.1, -0.05) is 133 Å². The Morgan fingerprint density at radius 2 is 0.833 bits per heavy atom. The van der Waals surface area contributed by atoms with Crippen LogP contribution in [-0.2, 0) is 10.0 Å². The van der Waals surface area contributed by atoms with Gasteiger partial charge < -0.3 is 0 Å². The Balaban J connectivity index is 0.000000440. The molecule has 172 valence electrons. The monoisotopic (exact) mass is 435 g/mol. The van der Waals surface area contributed by atoms with Gasteiger partial charge >= 0.3 is 0 Å². The van der Waals surface area contributed by atoms with Gasteiger partial charge in [0.1, 0.15) is 0 Å². The molecule has 0 aliphatic rings. The van der Waals surface area contributed by atoms with Crippen LogP contribution in [0.25, 0.3) is 10.8 Å². The first-order valence-electron chi connectivity index (χ1n) is 11.6. The second-order valence-electron chi connectivity index (χ2n) is 8.07. The summed E-state index contributed by atoms with van der Waals surface area (Å²) in [5.74, 6) is 0. The lowest BCUT2D eigenvalue weighted by molar-refractivity contribution is 0.527. The molecule has 30 heavy (non-hydrogen) atoms. The van der Waals surface area contributed by atoms with Crippen molar-refractivity contribution in [2.45, 2.75) is 84.5 Å². The molecule has 2 rings (SSSR count). The average molecular weight is 436 g/mol. The van der Waals surface area contributed by atoms with Crippen LogP contribution in [0, 0.1) is 0 Å². The van der Waals surface area contributed by atoms with Crippen molar-refractivity contribution in [1.82, 2.24) is 4.31 Å². The van der Waals surface area contributed by atoms with Crippen molar-refractivity contribution < 1.29 is 8.42 Å². The van der Waals surface area contributed by atoms with E-state index >= 15 is 0 Å². The number of benzene rings is 2. The van der Waals surface area contributed by atoms with Crippen LogP contribution in [0.1, 0.15) is 84.5 Å². The SMILES string of the molecule is CCCCCCCCCCCCC.CN(C)S(C)(=O)=O.c1ccc2ccccc2c1. The normalized spacial score (nSPS) is 10.9. The minimum absolute atomic E-state index is 1.16. The Labute approximate surface area is 186 Å². The Kier molecular flexibility index (Phi) is 17.5. The van der Waals surface area contributed by atoms with E-state index in [1.165, 1.54) is 95.5 Å². The first kappa shape index (κ1) is 28.6. The van der Waals surface area contributed by atoms with E-state index in [-0.39, 0.29) is 0 Å². The predicted octanol–water partition coefficient (Wildman–Crippen LogP) is 7.66. The first-order chi connectivity index (χ1) is 14.3. The molecule has 0 radical (unpaired) electrons. The highest BCUT2D eigenvalue weighted by Gasteiger charge is 2.01. The van der Waals surface area contributed by atoms with Gasteiger partial charge in [-0.2, -0.15) is 0 Å². The number of fused-ring (bicyclic) bond motifs is 1. The van der Waals surface area contributed by atoms with Gasteiger partial charge in [-0.3, -0.25) is 0 Å². The zero-order chi connectivity index (χ0) is 22.7. The second-order valence-corrected chi connectivity index (χ2v) is 10.3. The third-order valence-corrected chi connectivity index (χ3v) is 6.36. The predicted molar refractivity (Wildman–Crippen MR) is 135 cm³/mol. The largest absolute Gasteiger partial charge is 0.213 e. The van der Waals surface area contributed by atoms with Crippen molar-refractivity contribution in [1.29, 1.82) is 0 Å². The lowest BCUT2D eigenvalue weighted by Crippen LogP contribution is -2.19. The molecule has 0 fully saturated rings. The van der Waals surface area contributed by atoms with Gasteiger partial charge in [-0.15, -0.1) is 0 Å². The summed E-state index contributed by atoms with van der Waals surface area (Å²) in [6.07, 6.45) is 17.1. The minimum atomic E-state index is -2.91. The Hall–Kier alpha value is -1.39. The van der Waals surface area contributed by atoms with Crippen LogP contribution >= 0.6 is 0 Å². The average Bonchev–Trinajstić information content (AvgIpc) is 2.73. The summed E-state index contributed by atoms with van der Waals surface area (Å²) in [7, 11) is 0.0833. The Bertz CT molecular complexity index is 666. The maximum absolute atomic E-state index is 10.3. The molecule has 0 aliphatic carbocycles. The molecule has 0 N–H and O–H groups in total. The number of rotatable bonds is 11. The minimum Gasteiger partial charge on any atom is -0.213 e. The summed E-state index contributed by atoms with van der Waals surface area (Å²) < 4.78 is 21.7. The fraction of sp³-hybridized carbons (Fsp3) is 0.615. The topological polar surface area (TPSA) is 37.4 Å². The molecule has 3 nitrogen and oxygen atoms in total. The van der Waals surface area contributed by atoms with Gasteiger partial charge in [0, 0.05) is 14.1 Å². The molecule has 4 heteroatoms. The lowest BCUT2D eigenvalue weighted by atomic mass is 10.1. The third-order valence-electron chi connectivity index (χ3n) is 5.03. The summed E-state index contributed by atoms with van der Waals surface area (Å²) in [6.45, 7) is 4.56. The number of unbranched alkanes of at least 4 members (excludes halogenated alkanes) is 10. The van der Waals surface area contributed by atoms with Crippen molar-refractivity contribution in [2.24, 2.45) is 0 Å². The number of hydrogen-bond acceptors (Lipinski definition) is 2. The summed E-state index contributed by atoms with van der Waals surface area (Å²) in [4.78, 5) is 0. The van der Waals surface area contributed by atoms with E-state index in [1.54, 1.807) is 0 Å². The van der Waals surface area contributed by atoms with Gasteiger partial charge in [0.15, 0.2) is 0 Å². The first-order valence-corrected chi connectivity index (χ1v) is 13.5. The van der Waals surface area contributed by atoms with E-state index in [0.29, 0.717) is 0 Å². The molecule has 0 unspecified atom stereocenters. The van der Waals surface area contributed by atoms with Gasteiger partial charge in [0.05, 0.1) is 6.26 Å². The molecular weight excluding hydrogens is 390 g/mol.